The molecule has 2 aromatic heterocycles. The number of halogens is 1. The molecular formula is C23H25ClN6O2. The summed E-state index contributed by atoms with van der Waals surface area (Å²) in [5.74, 6) is 0.0904. The first-order valence-corrected chi connectivity index (χ1v) is 10.9. The van der Waals surface area contributed by atoms with Crippen molar-refractivity contribution in [2.24, 2.45) is 0 Å². The summed E-state index contributed by atoms with van der Waals surface area (Å²) in [5.41, 5.74) is 5.01. The highest BCUT2D eigenvalue weighted by atomic mass is 35.5. The van der Waals surface area contributed by atoms with Crippen LogP contribution >= 0.6 is 11.6 Å². The van der Waals surface area contributed by atoms with E-state index < -0.39 is 0 Å². The summed E-state index contributed by atoms with van der Waals surface area (Å²) in [7, 11) is 0. The van der Waals surface area contributed by atoms with E-state index in [1.807, 2.05) is 33.8 Å². The molecule has 3 aromatic rings. The molecule has 0 bridgehead atoms. The quantitative estimate of drug-likeness (QED) is 0.594. The minimum atomic E-state index is -0.205. The van der Waals surface area contributed by atoms with Gasteiger partial charge in [-0.1, -0.05) is 11.6 Å². The molecule has 1 saturated carbocycles. The Labute approximate surface area is 191 Å². The van der Waals surface area contributed by atoms with Gasteiger partial charge in [-0.15, -0.1) is 0 Å². The van der Waals surface area contributed by atoms with Crippen LogP contribution in [0.15, 0.2) is 24.3 Å². The van der Waals surface area contributed by atoms with Crippen LogP contribution in [-0.4, -0.2) is 37.6 Å². The average Bonchev–Trinajstić information content (AvgIpc) is 3.48. The van der Waals surface area contributed by atoms with Crippen LogP contribution in [0.2, 0.25) is 5.02 Å². The molecule has 1 fully saturated rings. The fraction of sp³-hybridized carbons (Fsp3) is 0.348. The topological polar surface area (TPSA) is 102 Å². The summed E-state index contributed by atoms with van der Waals surface area (Å²) in [5, 5.41) is 10.6. The third kappa shape index (κ3) is 4.80. The molecule has 166 valence electrons. The molecule has 8 nitrogen and oxygen atoms in total. The van der Waals surface area contributed by atoms with Crippen LogP contribution in [0.4, 0.5) is 5.69 Å². The molecule has 0 unspecified atom stereocenters. The Morgan fingerprint density at radius 3 is 2.41 bits per heavy atom. The lowest BCUT2D eigenvalue weighted by atomic mass is 10.1. The SMILES string of the molecule is Cc1cc(C)nc(-n2nc(C)c(CC(=O)Nc3ccc(C(=O)NC4CC4)c(Cl)c3)c2C)n1. The molecule has 0 atom stereocenters. The van der Waals surface area contributed by atoms with Crippen molar-refractivity contribution in [2.45, 2.75) is 53.0 Å². The summed E-state index contributed by atoms with van der Waals surface area (Å²) in [4.78, 5) is 33.9. The molecule has 1 aromatic carbocycles. The largest absolute Gasteiger partial charge is 0.349 e. The molecule has 2 amide bonds. The van der Waals surface area contributed by atoms with Crippen molar-refractivity contribution < 1.29 is 9.59 Å². The molecule has 32 heavy (non-hydrogen) atoms. The number of carbonyl (C=O) groups is 2. The fourth-order valence-electron chi connectivity index (χ4n) is 3.56. The number of hydrogen-bond donors (Lipinski definition) is 2. The number of rotatable bonds is 6. The number of aryl methyl sites for hydroxylation is 3. The molecule has 2 N–H and O–H groups in total. The predicted octanol–water partition coefficient (Wildman–Crippen LogP) is 3.62. The van der Waals surface area contributed by atoms with Gasteiger partial charge >= 0.3 is 0 Å². The van der Waals surface area contributed by atoms with E-state index in [9.17, 15) is 9.59 Å². The smallest absolute Gasteiger partial charge is 0.253 e. The molecule has 0 aliphatic heterocycles. The second-order valence-electron chi connectivity index (χ2n) is 8.18. The Balaban J connectivity index is 1.48. The van der Waals surface area contributed by atoms with Crippen molar-refractivity contribution in [2.75, 3.05) is 5.32 Å². The summed E-state index contributed by atoms with van der Waals surface area (Å²) in [6.07, 6.45) is 2.15. The molecule has 0 saturated heterocycles. The normalized spacial score (nSPS) is 13.2. The van der Waals surface area contributed by atoms with E-state index in [-0.39, 0.29) is 24.3 Å². The lowest BCUT2D eigenvalue weighted by Gasteiger charge is -2.10. The monoisotopic (exact) mass is 452 g/mol. The van der Waals surface area contributed by atoms with Crippen LogP contribution in [0.25, 0.3) is 5.95 Å². The molecule has 1 aliphatic rings. The average molecular weight is 453 g/mol. The first-order valence-electron chi connectivity index (χ1n) is 10.5. The number of hydrogen-bond acceptors (Lipinski definition) is 5. The zero-order valence-electron chi connectivity index (χ0n) is 18.5. The maximum Gasteiger partial charge on any atom is 0.253 e. The number of amides is 2. The van der Waals surface area contributed by atoms with E-state index >= 15 is 0 Å². The zero-order valence-corrected chi connectivity index (χ0v) is 19.2. The van der Waals surface area contributed by atoms with Crippen LogP contribution < -0.4 is 10.6 Å². The van der Waals surface area contributed by atoms with Crippen LogP contribution in [0.5, 0.6) is 0 Å². The Kier molecular flexibility index (Phi) is 5.97. The van der Waals surface area contributed by atoms with Crippen molar-refractivity contribution in [1.29, 1.82) is 0 Å². The number of benzene rings is 1. The van der Waals surface area contributed by atoms with Gasteiger partial charge in [-0.05, 0) is 64.8 Å². The fourth-order valence-corrected chi connectivity index (χ4v) is 3.83. The molecule has 2 heterocycles. The molecule has 9 heteroatoms. The van der Waals surface area contributed by atoms with Gasteiger partial charge in [-0.25, -0.2) is 14.6 Å². The van der Waals surface area contributed by atoms with Gasteiger partial charge in [0.25, 0.3) is 11.9 Å². The van der Waals surface area contributed by atoms with E-state index in [1.54, 1.807) is 22.9 Å². The molecule has 4 rings (SSSR count). The van der Waals surface area contributed by atoms with Crippen molar-refractivity contribution in [3.63, 3.8) is 0 Å². The number of aromatic nitrogens is 4. The van der Waals surface area contributed by atoms with Crippen molar-refractivity contribution >= 4 is 29.1 Å². The number of carbonyl (C=O) groups excluding carboxylic acids is 2. The third-order valence-corrected chi connectivity index (χ3v) is 5.66. The molecule has 1 aliphatic carbocycles. The summed E-state index contributed by atoms with van der Waals surface area (Å²) in [6, 6.07) is 7.04. The van der Waals surface area contributed by atoms with Gasteiger partial charge in [0.1, 0.15) is 0 Å². The zero-order chi connectivity index (χ0) is 23.0. The van der Waals surface area contributed by atoms with E-state index in [1.165, 1.54) is 0 Å². The van der Waals surface area contributed by atoms with E-state index in [2.05, 4.69) is 25.7 Å². The van der Waals surface area contributed by atoms with E-state index in [0.29, 0.717) is 22.2 Å². The van der Waals surface area contributed by atoms with E-state index in [0.717, 1.165) is 41.2 Å². The Hall–Kier alpha value is -3.26. The van der Waals surface area contributed by atoms with Crippen LogP contribution in [0.1, 0.15) is 51.5 Å². The van der Waals surface area contributed by atoms with Gasteiger partial charge in [0.05, 0.1) is 22.7 Å². The highest BCUT2D eigenvalue weighted by Crippen LogP contribution is 2.24. The first kappa shape index (κ1) is 22.0. The Morgan fingerprint density at radius 1 is 1.09 bits per heavy atom. The molecule has 0 spiro atoms. The molecular weight excluding hydrogens is 428 g/mol. The number of anilines is 1. The van der Waals surface area contributed by atoms with Crippen molar-refractivity contribution in [1.82, 2.24) is 25.1 Å². The Bertz CT molecular complexity index is 1200. The van der Waals surface area contributed by atoms with Crippen molar-refractivity contribution in [3.05, 3.63) is 63.2 Å². The maximum atomic E-state index is 12.7. The molecule has 0 radical (unpaired) electrons. The lowest BCUT2D eigenvalue weighted by molar-refractivity contribution is -0.115. The van der Waals surface area contributed by atoms with Gasteiger partial charge in [0.15, 0.2) is 0 Å². The van der Waals surface area contributed by atoms with Gasteiger partial charge in [0.2, 0.25) is 5.91 Å². The van der Waals surface area contributed by atoms with Crippen LogP contribution in [0.3, 0.4) is 0 Å². The lowest BCUT2D eigenvalue weighted by Crippen LogP contribution is -2.25. The second-order valence-corrected chi connectivity index (χ2v) is 8.59. The van der Waals surface area contributed by atoms with Crippen LogP contribution in [0, 0.1) is 27.7 Å². The highest BCUT2D eigenvalue weighted by Gasteiger charge is 2.25. The third-order valence-electron chi connectivity index (χ3n) is 5.35. The minimum absolute atomic E-state index is 0.143. The minimum Gasteiger partial charge on any atom is -0.349 e. The maximum absolute atomic E-state index is 12.7. The van der Waals surface area contributed by atoms with Gasteiger partial charge in [-0.3, -0.25) is 9.59 Å². The standard InChI is InChI=1S/C23H25ClN6O2/c1-12-9-13(2)26-23(25-12)30-15(4)19(14(3)29-30)11-21(31)27-17-7-8-18(20(24)10-17)22(32)28-16-5-6-16/h7-10,16H,5-6,11H2,1-4H3,(H,27,31)(H,28,32). The van der Waals surface area contributed by atoms with Gasteiger partial charge in [-0.2, -0.15) is 5.10 Å². The summed E-state index contributed by atoms with van der Waals surface area (Å²) >= 11 is 6.28. The van der Waals surface area contributed by atoms with Crippen molar-refractivity contribution in [3.8, 4) is 5.95 Å². The van der Waals surface area contributed by atoms with Gasteiger partial charge < -0.3 is 10.6 Å². The van der Waals surface area contributed by atoms with E-state index in [4.69, 9.17) is 11.6 Å². The summed E-state index contributed by atoms with van der Waals surface area (Å²) in [6.45, 7) is 7.57. The predicted molar refractivity (Wildman–Crippen MR) is 122 cm³/mol. The number of nitrogens with one attached hydrogen (secondary N) is 2. The van der Waals surface area contributed by atoms with Gasteiger partial charge in [0, 0.05) is 34.4 Å². The highest BCUT2D eigenvalue weighted by molar-refractivity contribution is 6.34. The summed E-state index contributed by atoms with van der Waals surface area (Å²) < 4.78 is 1.67. The van der Waals surface area contributed by atoms with Crippen LogP contribution in [-0.2, 0) is 11.2 Å². The first-order chi connectivity index (χ1) is 15.2. The number of nitrogens with zero attached hydrogens (tertiary/aromatic N) is 4. The second kappa shape index (κ2) is 8.70. The Morgan fingerprint density at radius 2 is 1.78 bits per heavy atom.